The van der Waals surface area contributed by atoms with Gasteiger partial charge in [0.2, 0.25) is 0 Å². The maximum atomic E-state index is 11.1. The second-order valence-corrected chi connectivity index (χ2v) is 4.24. The van der Waals surface area contributed by atoms with Crippen molar-refractivity contribution in [1.29, 1.82) is 0 Å². The summed E-state index contributed by atoms with van der Waals surface area (Å²) in [5.74, 6) is -0.301. The molecule has 0 radical (unpaired) electrons. The van der Waals surface area contributed by atoms with Crippen LogP contribution in [0.2, 0.25) is 0 Å². The average Bonchev–Trinajstić information content (AvgIpc) is 2.82. The van der Waals surface area contributed by atoms with Crippen LogP contribution in [0.1, 0.15) is 0 Å². The zero-order valence-corrected chi connectivity index (χ0v) is 10.5. The van der Waals surface area contributed by atoms with E-state index in [1.54, 1.807) is 0 Å². The van der Waals surface area contributed by atoms with Crippen molar-refractivity contribution in [3.63, 3.8) is 0 Å². The van der Waals surface area contributed by atoms with Gasteiger partial charge in [0.05, 0.1) is 7.11 Å². The third-order valence-corrected chi connectivity index (χ3v) is 3.04. The monoisotopic (exact) mass is 255 g/mol. The van der Waals surface area contributed by atoms with Crippen molar-refractivity contribution in [2.24, 2.45) is 0 Å². The van der Waals surface area contributed by atoms with E-state index in [4.69, 9.17) is 4.42 Å². The Morgan fingerprint density at radius 2 is 1.95 bits per heavy atom. The lowest BCUT2D eigenvalue weighted by molar-refractivity contribution is -0.138. The summed E-state index contributed by atoms with van der Waals surface area (Å²) in [6.07, 6.45) is 0. The van der Waals surface area contributed by atoms with Gasteiger partial charge in [-0.3, -0.25) is 4.79 Å². The topological polar surface area (TPSA) is 51.5 Å². The Labute approximate surface area is 110 Å². The number of methoxy groups -OCH3 is 1. The van der Waals surface area contributed by atoms with Crippen molar-refractivity contribution in [3.8, 4) is 0 Å². The largest absolute Gasteiger partial charge is 0.468 e. The van der Waals surface area contributed by atoms with Gasteiger partial charge in [0.15, 0.2) is 0 Å². The van der Waals surface area contributed by atoms with Crippen molar-refractivity contribution >= 4 is 33.6 Å². The first kappa shape index (κ1) is 11.6. The fourth-order valence-corrected chi connectivity index (χ4v) is 2.08. The van der Waals surface area contributed by atoms with E-state index in [1.165, 1.54) is 7.11 Å². The molecule has 0 aliphatic carbocycles. The van der Waals surface area contributed by atoms with E-state index in [0.29, 0.717) is 0 Å². The van der Waals surface area contributed by atoms with Gasteiger partial charge in [-0.25, -0.2) is 0 Å². The fraction of sp³-hybridized carbons (Fsp3) is 0.133. The minimum atomic E-state index is -0.301. The van der Waals surface area contributed by atoms with Gasteiger partial charge in [-0.1, -0.05) is 18.2 Å². The van der Waals surface area contributed by atoms with Crippen LogP contribution in [0.5, 0.6) is 0 Å². The smallest absolute Gasteiger partial charge is 0.325 e. The van der Waals surface area contributed by atoms with Gasteiger partial charge in [0.25, 0.3) is 0 Å². The highest BCUT2D eigenvalue weighted by atomic mass is 16.5. The molecule has 0 saturated heterocycles. The fourth-order valence-electron chi connectivity index (χ4n) is 2.08. The molecule has 1 N–H and O–H groups in total. The molecule has 3 aromatic rings. The van der Waals surface area contributed by atoms with Gasteiger partial charge in [-0.2, -0.15) is 0 Å². The van der Waals surface area contributed by atoms with Crippen molar-refractivity contribution in [3.05, 3.63) is 42.5 Å². The van der Waals surface area contributed by atoms with Gasteiger partial charge in [0, 0.05) is 22.5 Å². The highest BCUT2D eigenvalue weighted by Crippen LogP contribution is 2.30. The van der Waals surface area contributed by atoms with Crippen LogP contribution in [0.4, 0.5) is 5.69 Å². The third kappa shape index (κ3) is 2.12. The van der Waals surface area contributed by atoms with Gasteiger partial charge >= 0.3 is 5.97 Å². The molecule has 0 aliphatic heterocycles. The Hall–Kier alpha value is -2.49. The second kappa shape index (κ2) is 4.65. The Kier molecular flexibility index (Phi) is 2.83. The van der Waals surface area contributed by atoms with Crippen LogP contribution in [0.3, 0.4) is 0 Å². The number of furan rings is 1. The number of rotatable bonds is 3. The molecule has 1 heterocycles. The Bertz CT molecular complexity index is 745. The molecule has 0 fully saturated rings. The number of para-hydroxylation sites is 1. The first-order valence-electron chi connectivity index (χ1n) is 6.00. The van der Waals surface area contributed by atoms with Crippen LogP contribution < -0.4 is 5.32 Å². The summed E-state index contributed by atoms with van der Waals surface area (Å²) in [6, 6.07) is 13.7. The molecule has 1 aromatic heterocycles. The van der Waals surface area contributed by atoms with Crippen LogP contribution in [0.15, 0.2) is 46.9 Å². The molecule has 2 aromatic carbocycles. The Balaban J connectivity index is 1.97. The van der Waals surface area contributed by atoms with Crippen molar-refractivity contribution in [2.45, 2.75) is 0 Å². The molecule has 4 heteroatoms. The lowest BCUT2D eigenvalue weighted by Crippen LogP contribution is -2.14. The molecule has 0 bridgehead atoms. The highest BCUT2D eigenvalue weighted by molar-refractivity contribution is 6.05. The lowest BCUT2D eigenvalue weighted by Gasteiger charge is -2.04. The lowest BCUT2D eigenvalue weighted by atomic mass is 10.1. The number of hydrogen-bond acceptors (Lipinski definition) is 4. The normalized spacial score (nSPS) is 10.8. The van der Waals surface area contributed by atoms with E-state index in [-0.39, 0.29) is 12.5 Å². The summed E-state index contributed by atoms with van der Waals surface area (Å²) in [5, 5.41) is 5.16. The van der Waals surface area contributed by atoms with Crippen molar-refractivity contribution in [2.75, 3.05) is 19.0 Å². The van der Waals surface area contributed by atoms with E-state index >= 15 is 0 Å². The predicted octanol–water partition coefficient (Wildman–Crippen LogP) is 3.17. The van der Waals surface area contributed by atoms with Gasteiger partial charge in [-0.15, -0.1) is 0 Å². The molecule has 0 atom stereocenters. The summed E-state index contributed by atoms with van der Waals surface area (Å²) in [5.41, 5.74) is 2.50. The molecule has 0 saturated carbocycles. The number of esters is 1. The quantitative estimate of drug-likeness (QED) is 0.730. The van der Waals surface area contributed by atoms with Crippen molar-refractivity contribution in [1.82, 2.24) is 0 Å². The molecular formula is C15H13NO3. The molecule has 3 rings (SSSR count). The number of benzene rings is 2. The molecule has 0 amide bonds. The van der Waals surface area contributed by atoms with E-state index in [2.05, 4.69) is 10.1 Å². The van der Waals surface area contributed by atoms with E-state index in [9.17, 15) is 4.79 Å². The predicted molar refractivity (Wildman–Crippen MR) is 74.2 cm³/mol. The molecule has 0 unspecified atom stereocenters. The van der Waals surface area contributed by atoms with Crippen molar-refractivity contribution < 1.29 is 13.9 Å². The zero-order chi connectivity index (χ0) is 13.2. The van der Waals surface area contributed by atoms with Gasteiger partial charge in [0.1, 0.15) is 17.7 Å². The van der Waals surface area contributed by atoms with Crippen LogP contribution in [-0.4, -0.2) is 19.6 Å². The number of carbonyl (C=O) groups excluding carboxylic acids is 1. The molecule has 96 valence electrons. The summed E-state index contributed by atoms with van der Waals surface area (Å²) in [6.45, 7) is 0.141. The molecule has 0 aliphatic rings. The number of anilines is 1. The van der Waals surface area contributed by atoms with Crippen LogP contribution in [-0.2, 0) is 9.53 Å². The number of carbonyl (C=O) groups is 1. The standard InChI is InChI=1S/C15H13NO3/c1-18-15(17)9-16-10-6-7-12-11-4-2-3-5-13(11)19-14(12)8-10/h2-8,16H,9H2,1H3. The summed E-state index contributed by atoms with van der Waals surface area (Å²) < 4.78 is 10.4. The SMILES string of the molecule is COC(=O)CNc1ccc2c(c1)oc1ccccc12. The average molecular weight is 255 g/mol. The first-order chi connectivity index (χ1) is 9.28. The minimum Gasteiger partial charge on any atom is -0.468 e. The number of ether oxygens (including phenoxy) is 1. The second-order valence-electron chi connectivity index (χ2n) is 4.24. The summed E-state index contributed by atoms with van der Waals surface area (Å²) >= 11 is 0. The first-order valence-corrected chi connectivity index (χ1v) is 6.00. The van der Waals surface area contributed by atoms with Crippen LogP contribution >= 0.6 is 0 Å². The van der Waals surface area contributed by atoms with E-state index < -0.39 is 0 Å². The maximum absolute atomic E-state index is 11.1. The minimum absolute atomic E-state index is 0.141. The number of hydrogen-bond donors (Lipinski definition) is 1. The molecule has 19 heavy (non-hydrogen) atoms. The van der Waals surface area contributed by atoms with Crippen LogP contribution in [0, 0.1) is 0 Å². The van der Waals surface area contributed by atoms with Gasteiger partial charge in [-0.05, 0) is 18.2 Å². The third-order valence-electron chi connectivity index (χ3n) is 3.04. The number of nitrogens with one attached hydrogen (secondary N) is 1. The summed E-state index contributed by atoms with van der Waals surface area (Å²) in [4.78, 5) is 11.1. The van der Waals surface area contributed by atoms with Gasteiger partial charge < -0.3 is 14.5 Å². The molecule has 0 spiro atoms. The van der Waals surface area contributed by atoms with Crippen LogP contribution in [0.25, 0.3) is 21.9 Å². The number of fused-ring (bicyclic) bond motifs is 3. The zero-order valence-electron chi connectivity index (χ0n) is 10.5. The highest BCUT2D eigenvalue weighted by Gasteiger charge is 2.07. The maximum Gasteiger partial charge on any atom is 0.325 e. The van der Waals surface area contributed by atoms with E-state index in [0.717, 1.165) is 27.6 Å². The summed E-state index contributed by atoms with van der Waals surface area (Å²) in [7, 11) is 1.37. The Morgan fingerprint density at radius 1 is 1.16 bits per heavy atom. The van der Waals surface area contributed by atoms with E-state index in [1.807, 2.05) is 42.5 Å². The molecular weight excluding hydrogens is 242 g/mol. The Morgan fingerprint density at radius 3 is 2.79 bits per heavy atom. The molecule has 4 nitrogen and oxygen atoms in total.